The van der Waals surface area contributed by atoms with E-state index in [1.165, 1.54) is 16.0 Å². The van der Waals surface area contributed by atoms with Crippen LogP contribution in [0.15, 0.2) is 47.6 Å². The molecule has 1 aromatic carbocycles. The summed E-state index contributed by atoms with van der Waals surface area (Å²) in [7, 11) is 2.02. The number of pyridine rings is 1. The maximum atomic E-state index is 11.7. The molecule has 2 aromatic rings. The lowest BCUT2D eigenvalue weighted by Crippen LogP contribution is -2.41. The fraction of sp³-hybridized carbons (Fsp3) is 0.500. The van der Waals surface area contributed by atoms with Gasteiger partial charge in [-0.2, -0.15) is 0 Å². The highest BCUT2D eigenvalue weighted by atomic mass is 32.2. The van der Waals surface area contributed by atoms with Crippen molar-refractivity contribution in [3.8, 4) is 0 Å². The topological polar surface area (TPSA) is 50.1 Å². The number of thioether (sulfide) groups is 1. The number of rotatable bonds is 5. The van der Waals surface area contributed by atoms with Crippen molar-refractivity contribution in [1.29, 1.82) is 0 Å². The SMILES string of the molecule is CCCCC1(CC)CSc2ccc(N)cc2[C@@H](c2cc[n+](C)cc2)[C@H]1O. The molecule has 0 aliphatic carbocycles. The van der Waals surface area contributed by atoms with Gasteiger partial charge in [-0.3, -0.25) is 0 Å². The van der Waals surface area contributed by atoms with E-state index in [9.17, 15) is 5.11 Å². The van der Waals surface area contributed by atoms with Crippen molar-refractivity contribution in [2.45, 2.75) is 56.4 Å². The van der Waals surface area contributed by atoms with E-state index in [0.29, 0.717) is 0 Å². The lowest BCUT2D eigenvalue weighted by Gasteiger charge is -2.39. The summed E-state index contributed by atoms with van der Waals surface area (Å²) in [5.41, 5.74) is 9.16. The predicted molar refractivity (Wildman–Crippen MR) is 109 cm³/mol. The Morgan fingerprint density at radius 1 is 1.23 bits per heavy atom. The van der Waals surface area contributed by atoms with Crippen LogP contribution in [0.3, 0.4) is 0 Å². The number of aryl methyl sites for hydroxylation is 1. The fourth-order valence-corrected chi connectivity index (χ4v) is 5.57. The molecule has 3 rings (SSSR count). The van der Waals surface area contributed by atoms with E-state index < -0.39 is 6.10 Å². The molecule has 1 unspecified atom stereocenters. The average Bonchev–Trinajstić information content (AvgIpc) is 2.76. The molecule has 1 aromatic heterocycles. The molecule has 0 fully saturated rings. The summed E-state index contributed by atoms with van der Waals surface area (Å²) >= 11 is 1.88. The summed E-state index contributed by atoms with van der Waals surface area (Å²) in [5, 5.41) is 11.7. The second-order valence-electron chi connectivity index (χ2n) is 7.62. The minimum absolute atomic E-state index is 0.0403. The highest BCUT2D eigenvalue weighted by Crippen LogP contribution is 2.50. The van der Waals surface area contributed by atoms with Crippen molar-refractivity contribution in [3.05, 3.63) is 53.9 Å². The minimum atomic E-state index is -0.415. The molecule has 3 N–H and O–H groups in total. The number of aromatic nitrogens is 1. The summed E-state index contributed by atoms with van der Waals surface area (Å²) < 4.78 is 2.03. The number of aliphatic hydroxyl groups excluding tert-OH is 1. The van der Waals surface area contributed by atoms with Crippen LogP contribution in [0.5, 0.6) is 0 Å². The Morgan fingerprint density at radius 3 is 2.62 bits per heavy atom. The van der Waals surface area contributed by atoms with E-state index in [1.807, 2.05) is 29.4 Å². The molecule has 0 amide bonds. The molecule has 0 saturated heterocycles. The molecular formula is C22H31N2OS+. The second kappa shape index (κ2) is 8.01. The molecule has 0 saturated carbocycles. The average molecular weight is 372 g/mol. The lowest BCUT2D eigenvalue weighted by molar-refractivity contribution is -0.671. The first-order valence-electron chi connectivity index (χ1n) is 9.66. The molecule has 3 nitrogen and oxygen atoms in total. The van der Waals surface area contributed by atoms with Crippen molar-refractivity contribution in [2.75, 3.05) is 11.5 Å². The van der Waals surface area contributed by atoms with Gasteiger partial charge in [-0.1, -0.05) is 26.7 Å². The summed E-state index contributed by atoms with van der Waals surface area (Å²) in [5.74, 6) is 0.917. The van der Waals surface area contributed by atoms with E-state index in [2.05, 4.69) is 50.5 Å². The van der Waals surface area contributed by atoms with Crippen molar-refractivity contribution in [1.82, 2.24) is 0 Å². The van der Waals surface area contributed by atoms with Gasteiger partial charge in [0.05, 0.1) is 6.10 Å². The van der Waals surface area contributed by atoms with Crippen molar-refractivity contribution in [3.63, 3.8) is 0 Å². The van der Waals surface area contributed by atoms with Gasteiger partial charge in [0.2, 0.25) is 0 Å². The molecule has 1 aliphatic rings. The monoisotopic (exact) mass is 371 g/mol. The minimum Gasteiger partial charge on any atom is -0.399 e. The number of fused-ring (bicyclic) bond motifs is 1. The van der Waals surface area contributed by atoms with Crippen molar-refractivity contribution < 1.29 is 9.67 Å². The Labute approximate surface area is 161 Å². The third kappa shape index (κ3) is 3.63. The Kier molecular flexibility index (Phi) is 5.93. The number of aliphatic hydroxyl groups is 1. The van der Waals surface area contributed by atoms with Crippen LogP contribution >= 0.6 is 11.8 Å². The van der Waals surface area contributed by atoms with E-state index >= 15 is 0 Å². The van der Waals surface area contributed by atoms with Crippen LogP contribution in [0.2, 0.25) is 0 Å². The maximum Gasteiger partial charge on any atom is 0.168 e. The quantitative estimate of drug-likeness (QED) is 0.609. The van der Waals surface area contributed by atoms with Crippen LogP contribution < -0.4 is 10.3 Å². The van der Waals surface area contributed by atoms with Crippen molar-refractivity contribution >= 4 is 17.4 Å². The maximum absolute atomic E-state index is 11.7. The third-order valence-electron chi connectivity index (χ3n) is 5.92. The zero-order chi connectivity index (χ0) is 18.7. The summed E-state index contributed by atoms with van der Waals surface area (Å²) in [6, 6.07) is 10.4. The smallest absolute Gasteiger partial charge is 0.168 e. The van der Waals surface area contributed by atoms with E-state index in [0.717, 1.165) is 37.1 Å². The zero-order valence-electron chi connectivity index (χ0n) is 16.1. The molecule has 3 atom stereocenters. The standard InChI is InChI=1S/C22H31N2OS/c1-4-6-11-22(5-2)15-26-19-8-7-17(23)14-18(19)20(21(22)25)16-9-12-24(3)13-10-16/h7-10,12-14,20-21,25H,4-6,11,15,23H2,1-3H3/q+1/t20-,21-,22?/m1/s1. The van der Waals surface area contributed by atoms with Gasteiger partial charge in [-0.25, -0.2) is 4.57 Å². The largest absolute Gasteiger partial charge is 0.399 e. The van der Waals surface area contributed by atoms with Gasteiger partial charge in [0, 0.05) is 39.8 Å². The number of nitrogens with zero attached hydrogens (tertiary/aromatic N) is 1. The number of nitrogens with two attached hydrogens (primary N) is 1. The molecular weight excluding hydrogens is 340 g/mol. The highest BCUT2D eigenvalue weighted by molar-refractivity contribution is 7.99. The Morgan fingerprint density at radius 2 is 1.96 bits per heavy atom. The van der Waals surface area contributed by atoms with E-state index in [-0.39, 0.29) is 11.3 Å². The molecule has 26 heavy (non-hydrogen) atoms. The van der Waals surface area contributed by atoms with Gasteiger partial charge in [0.15, 0.2) is 12.4 Å². The Balaban J connectivity index is 2.13. The number of nitrogen functional groups attached to an aromatic ring is 1. The van der Waals surface area contributed by atoms with Gasteiger partial charge in [0.1, 0.15) is 7.05 Å². The van der Waals surface area contributed by atoms with E-state index in [1.54, 1.807) is 0 Å². The number of hydrogen-bond acceptors (Lipinski definition) is 3. The van der Waals surface area contributed by atoms with Crippen LogP contribution in [-0.4, -0.2) is 17.0 Å². The third-order valence-corrected chi connectivity index (χ3v) is 7.32. The van der Waals surface area contributed by atoms with Crippen LogP contribution in [-0.2, 0) is 7.05 Å². The van der Waals surface area contributed by atoms with E-state index in [4.69, 9.17) is 5.73 Å². The molecule has 1 aliphatic heterocycles. The number of anilines is 1. The molecule has 140 valence electrons. The Bertz CT molecular complexity index is 746. The molecule has 0 radical (unpaired) electrons. The molecule has 2 heterocycles. The number of benzene rings is 1. The molecule has 4 heteroatoms. The fourth-order valence-electron chi connectivity index (χ4n) is 4.09. The number of hydrogen-bond donors (Lipinski definition) is 2. The van der Waals surface area contributed by atoms with Gasteiger partial charge >= 0.3 is 0 Å². The van der Waals surface area contributed by atoms with Crippen LogP contribution in [0.25, 0.3) is 0 Å². The first-order valence-corrected chi connectivity index (χ1v) is 10.6. The Hall–Kier alpha value is -1.52. The highest BCUT2D eigenvalue weighted by Gasteiger charge is 2.44. The van der Waals surface area contributed by atoms with Crippen LogP contribution in [0, 0.1) is 5.41 Å². The summed E-state index contributed by atoms with van der Waals surface area (Å²) in [6.45, 7) is 4.45. The van der Waals surface area contributed by atoms with Gasteiger partial charge < -0.3 is 10.8 Å². The first kappa shape index (κ1) is 19.2. The van der Waals surface area contributed by atoms with Crippen molar-refractivity contribution in [2.24, 2.45) is 12.5 Å². The number of unbranched alkanes of at least 4 members (excludes halogenated alkanes) is 1. The van der Waals surface area contributed by atoms with Gasteiger partial charge in [0.25, 0.3) is 0 Å². The molecule has 0 bridgehead atoms. The lowest BCUT2D eigenvalue weighted by atomic mass is 9.69. The van der Waals surface area contributed by atoms with Gasteiger partial charge in [-0.05, 0) is 42.2 Å². The molecule has 0 spiro atoms. The normalized spacial score (nSPS) is 25.5. The predicted octanol–water partition coefficient (Wildman–Crippen LogP) is 4.28. The summed E-state index contributed by atoms with van der Waals surface area (Å²) in [6.07, 6.45) is 8.07. The summed E-state index contributed by atoms with van der Waals surface area (Å²) in [4.78, 5) is 1.25. The first-order chi connectivity index (χ1) is 12.5. The van der Waals surface area contributed by atoms with Crippen LogP contribution in [0.1, 0.15) is 56.6 Å². The zero-order valence-corrected chi connectivity index (χ0v) is 16.9. The second-order valence-corrected chi connectivity index (χ2v) is 8.64. The van der Waals surface area contributed by atoms with Crippen LogP contribution in [0.4, 0.5) is 5.69 Å². The van der Waals surface area contributed by atoms with Gasteiger partial charge in [-0.15, -0.1) is 11.8 Å².